The number of hydrogen-bond acceptors (Lipinski definition) is 4. The van der Waals surface area contributed by atoms with Crippen molar-refractivity contribution in [3.8, 4) is 0 Å². The normalized spacial score (nSPS) is 11.2. The van der Waals surface area contributed by atoms with Crippen molar-refractivity contribution in [2.24, 2.45) is 0 Å². The first-order valence-electron chi connectivity index (χ1n) is 7.82. The maximum absolute atomic E-state index is 12.2. The number of rotatable bonds is 5. The molecule has 0 atom stereocenters. The first-order valence-corrected chi connectivity index (χ1v) is 8.70. The van der Waals surface area contributed by atoms with Gasteiger partial charge in [0.05, 0.1) is 15.7 Å². The van der Waals surface area contributed by atoms with Crippen LogP contribution in [0.15, 0.2) is 54.3 Å². The van der Waals surface area contributed by atoms with E-state index >= 15 is 0 Å². The van der Waals surface area contributed by atoms with Gasteiger partial charge in [0.2, 0.25) is 0 Å². The summed E-state index contributed by atoms with van der Waals surface area (Å²) in [6, 6.07) is 11.7. The number of aryl methyl sites for hydroxylation is 1. The Balaban J connectivity index is 1.34. The number of hydrogen-bond donors (Lipinski definition) is 1. The molecule has 0 bridgehead atoms. The Morgan fingerprint density at radius 2 is 2.17 bits per heavy atom. The lowest BCUT2D eigenvalue weighted by atomic mass is 10.2. The van der Waals surface area contributed by atoms with E-state index in [9.17, 15) is 4.79 Å². The van der Waals surface area contributed by atoms with Crippen molar-refractivity contribution < 1.29 is 4.79 Å². The number of carbonyl (C=O) groups is 1. The average Bonchev–Trinajstić information content (AvgIpc) is 3.24. The topological polar surface area (TPSA) is 59.8 Å². The Bertz CT molecular complexity index is 1000. The molecule has 3 aromatic heterocycles. The summed E-state index contributed by atoms with van der Waals surface area (Å²) in [6.07, 6.45) is 4.70. The number of benzene rings is 1. The fourth-order valence-electron chi connectivity index (χ4n) is 2.75. The third-order valence-electron chi connectivity index (χ3n) is 3.98. The van der Waals surface area contributed by atoms with E-state index in [1.807, 2.05) is 30.5 Å². The van der Waals surface area contributed by atoms with Crippen molar-refractivity contribution in [2.75, 3.05) is 6.54 Å². The van der Waals surface area contributed by atoms with Gasteiger partial charge in [0.15, 0.2) is 0 Å². The summed E-state index contributed by atoms with van der Waals surface area (Å²) < 4.78 is 3.15. The number of amides is 1. The molecule has 6 heteroatoms. The van der Waals surface area contributed by atoms with Crippen LogP contribution in [-0.2, 0) is 6.54 Å². The minimum absolute atomic E-state index is 0.0409. The highest BCUT2D eigenvalue weighted by molar-refractivity contribution is 7.16. The summed E-state index contributed by atoms with van der Waals surface area (Å²) in [5, 5.41) is 4.12. The van der Waals surface area contributed by atoms with E-state index in [2.05, 4.69) is 32.0 Å². The van der Waals surface area contributed by atoms with Gasteiger partial charge in [-0.05, 0) is 42.8 Å². The van der Waals surface area contributed by atoms with Crippen molar-refractivity contribution in [3.05, 3.63) is 59.9 Å². The number of fused-ring (bicyclic) bond motifs is 2. The number of thiazole rings is 1. The number of nitrogens with zero attached hydrogens (tertiary/aromatic N) is 3. The smallest absolute Gasteiger partial charge is 0.251 e. The van der Waals surface area contributed by atoms with Gasteiger partial charge in [-0.3, -0.25) is 4.79 Å². The third kappa shape index (κ3) is 2.88. The number of aromatic nitrogens is 3. The van der Waals surface area contributed by atoms with Gasteiger partial charge in [-0.25, -0.2) is 9.97 Å². The lowest BCUT2D eigenvalue weighted by Crippen LogP contribution is -2.25. The van der Waals surface area contributed by atoms with Gasteiger partial charge in [-0.1, -0.05) is 0 Å². The molecule has 120 valence electrons. The third-order valence-corrected chi connectivity index (χ3v) is 4.77. The van der Waals surface area contributed by atoms with E-state index in [4.69, 9.17) is 0 Å². The van der Waals surface area contributed by atoms with E-state index in [1.165, 1.54) is 0 Å². The zero-order valence-electron chi connectivity index (χ0n) is 13.0. The summed E-state index contributed by atoms with van der Waals surface area (Å²) in [6.45, 7) is 1.46. The fraction of sp³-hybridized carbons (Fsp3) is 0.167. The predicted molar refractivity (Wildman–Crippen MR) is 96.3 cm³/mol. The molecule has 0 aliphatic heterocycles. The summed E-state index contributed by atoms with van der Waals surface area (Å²) in [4.78, 5) is 20.9. The molecule has 0 radical (unpaired) electrons. The zero-order valence-corrected chi connectivity index (χ0v) is 13.8. The second-order valence-electron chi connectivity index (χ2n) is 5.57. The van der Waals surface area contributed by atoms with Crippen molar-refractivity contribution in [1.29, 1.82) is 0 Å². The van der Waals surface area contributed by atoms with Crippen LogP contribution in [0.1, 0.15) is 16.8 Å². The Labute approximate surface area is 143 Å². The van der Waals surface area contributed by atoms with Crippen LogP contribution in [0.2, 0.25) is 0 Å². The molecule has 1 amide bonds. The quantitative estimate of drug-likeness (QED) is 0.568. The Kier molecular flexibility index (Phi) is 3.96. The molecule has 0 spiro atoms. The van der Waals surface area contributed by atoms with Crippen LogP contribution in [0, 0.1) is 0 Å². The number of nitrogens with one attached hydrogen (secondary N) is 1. The Morgan fingerprint density at radius 1 is 1.21 bits per heavy atom. The van der Waals surface area contributed by atoms with Crippen molar-refractivity contribution in [2.45, 2.75) is 13.0 Å². The van der Waals surface area contributed by atoms with Gasteiger partial charge >= 0.3 is 0 Å². The maximum Gasteiger partial charge on any atom is 0.251 e. The summed E-state index contributed by atoms with van der Waals surface area (Å²) >= 11 is 1.55. The fourth-order valence-corrected chi connectivity index (χ4v) is 3.47. The van der Waals surface area contributed by atoms with Crippen LogP contribution in [0.25, 0.3) is 21.3 Å². The number of carbonyl (C=O) groups excluding carboxylic acids is 1. The maximum atomic E-state index is 12.2. The minimum atomic E-state index is -0.0409. The van der Waals surface area contributed by atoms with E-state index in [0.29, 0.717) is 12.1 Å². The highest BCUT2D eigenvalue weighted by atomic mass is 32.1. The van der Waals surface area contributed by atoms with Gasteiger partial charge in [-0.15, -0.1) is 11.3 Å². The lowest BCUT2D eigenvalue weighted by Gasteiger charge is -2.07. The van der Waals surface area contributed by atoms with Gasteiger partial charge in [0.25, 0.3) is 5.91 Å². The largest absolute Gasteiger partial charge is 0.352 e. The van der Waals surface area contributed by atoms with Gasteiger partial charge < -0.3 is 9.88 Å². The monoisotopic (exact) mass is 336 g/mol. The Morgan fingerprint density at radius 3 is 3.12 bits per heavy atom. The van der Waals surface area contributed by atoms with E-state index in [-0.39, 0.29) is 5.91 Å². The van der Waals surface area contributed by atoms with E-state index in [0.717, 1.165) is 34.2 Å². The molecule has 0 unspecified atom stereocenters. The lowest BCUT2D eigenvalue weighted by molar-refractivity contribution is 0.0953. The Hall–Kier alpha value is -2.73. The summed E-state index contributed by atoms with van der Waals surface area (Å²) in [7, 11) is 0. The molecule has 1 N–H and O–H groups in total. The first kappa shape index (κ1) is 14.8. The molecule has 0 fully saturated rings. The highest BCUT2D eigenvalue weighted by Gasteiger charge is 2.07. The van der Waals surface area contributed by atoms with Crippen LogP contribution < -0.4 is 5.32 Å². The molecule has 24 heavy (non-hydrogen) atoms. The van der Waals surface area contributed by atoms with Crippen molar-refractivity contribution in [3.63, 3.8) is 0 Å². The first-order chi connectivity index (χ1) is 11.8. The molecule has 1 aromatic carbocycles. The van der Waals surface area contributed by atoms with Crippen LogP contribution in [0.4, 0.5) is 0 Å². The summed E-state index contributed by atoms with van der Waals surface area (Å²) in [5.41, 5.74) is 4.39. The average molecular weight is 336 g/mol. The predicted octanol–water partition coefficient (Wildman–Crippen LogP) is 3.47. The SMILES string of the molecule is O=C(NCCCn1ccc2cccnc21)c1ccc2ncsc2c1. The second kappa shape index (κ2) is 6.41. The van der Waals surface area contributed by atoms with Gasteiger partial charge in [-0.2, -0.15) is 0 Å². The molecule has 0 saturated heterocycles. The van der Waals surface area contributed by atoms with Crippen LogP contribution in [0.3, 0.4) is 0 Å². The summed E-state index contributed by atoms with van der Waals surface area (Å²) in [5.74, 6) is -0.0409. The number of pyridine rings is 1. The van der Waals surface area contributed by atoms with Gasteiger partial charge in [0, 0.05) is 36.4 Å². The molecule has 4 aromatic rings. The van der Waals surface area contributed by atoms with Crippen molar-refractivity contribution in [1.82, 2.24) is 19.9 Å². The van der Waals surface area contributed by atoms with Gasteiger partial charge in [0.1, 0.15) is 5.65 Å². The molecule has 3 heterocycles. The molecule has 0 saturated carbocycles. The highest BCUT2D eigenvalue weighted by Crippen LogP contribution is 2.19. The molecule has 0 aliphatic carbocycles. The van der Waals surface area contributed by atoms with Crippen LogP contribution >= 0.6 is 11.3 Å². The minimum Gasteiger partial charge on any atom is -0.352 e. The second-order valence-corrected chi connectivity index (χ2v) is 6.46. The molecule has 0 aliphatic rings. The molecule has 5 nitrogen and oxygen atoms in total. The molecule has 4 rings (SSSR count). The zero-order chi connectivity index (χ0) is 16.4. The molecular formula is C18H16N4OS. The van der Waals surface area contributed by atoms with E-state index < -0.39 is 0 Å². The van der Waals surface area contributed by atoms with Crippen LogP contribution in [-0.4, -0.2) is 27.0 Å². The van der Waals surface area contributed by atoms with Crippen molar-refractivity contribution >= 4 is 38.5 Å². The van der Waals surface area contributed by atoms with E-state index in [1.54, 1.807) is 23.0 Å². The molecular weight excluding hydrogens is 320 g/mol. The van der Waals surface area contributed by atoms with Crippen LogP contribution in [0.5, 0.6) is 0 Å². The standard InChI is InChI=1S/C18H16N4OS/c23-18(14-4-5-15-16(11-14)24-12-21-15)20-8-2-9-22-10-6-13-3-1-7-19-17(13)22/h1,3-7,10-12H,2,8-9H2,(H,20,23).